The summed E-state index contributed by atoms with van der Waals surface area (Å²) in [5.41, 5.74) is 5.30. The molecule has 1 fully saturated rings. The van der Waals surface area contributed by atoms with Gasteiger partial charge in [0.05, 0.1) is 5.56 Å². The van der Waals surface area contributed by atoms with Gasteiger partial charge in [0, 0.05) is 17.5 Å². The highest BCUT2D eigenvalue weighted by molar-refractivity contribution is 7.20. The van der Waals surface area contributed by atoms with Gasteiger partial charge < -0.3 is 16.4 Å². The van der Waals surface area contributed by atoms with Gasteiger partial charge in [0.25, 0.3) is 5.91 Å². The molecule has 1 aromatic heterocycles. The monoisotopic (exact) mass is 398 g/mol. The van der Waals surface area contributed by atoms with Gasteiger partial charge in [0.2, 0.25) is 0 Å². The van der Waals surface area contributed by atoms with Crippen LogP contribution in [0.1, 0.15) is 23.2 Å². The normalized spacial score (nSPS) is 16.8. The maximum atomic E-state index is 13.5. The minimum Gasteiger partial charge on any atom is -0.351 e. The van der Waals surface area contributed by atoms with E-state index in [4.69, 9.17) is 5.73 Å². The third-order valence-corrected chi connectivity index (χ3v) is 5.21. The van der Waals surface area contributed by atoms with Gasteiger partial charge in [0.15, 0.2) is 17.5 Å². The first-order valence-electron chi connectivity index (χ1n) is 8.22. The molecule has 0 bridgehead atoms. The summed E-state index contributed by atoms with van der Waals surface area (Å²) < 4.78 is 40.2. The van der Waals surface area contributed by atoms with Crippen molar-refractivity contribution in [3.8, 4) is 10.4 Å². The predicted octanol–water partition coefficient (Wildman–Crippen LogP) is 2.80. The molecule has 10 heteroatoms. The zero-order valence-corrected chi connectivity index (χ0v) is 14.9. The molecule has 3 rings (SSSR count). The maximum Gasteiger partial charge on any atom is 0.317 e. The number of amides is 3. The average Bonchev–Trinajstić information content (AvgIpc) is 3.03. The topological polar surface area (TPSA) is 96.2 Å². The molecule has 1 saturated heterocycles. The van der Waals surface area contributed by atoms with Crippen LogP contribution in [0.25, 0.3) is 10.4 Å². The Bertz CT molecular complexity index is 858. The Morgan fingerprint density at radius 2 is 1.89 bits per heavy atom. The van der Waals surface area contributed by atoms with E-state index in [-0.39, 0.29) is 27.0 Å². The number of piperidine rings is 1. The Balaban J connectivity index is 1.93. The molecule has 2 heterocycles. The SMILES string of the molecule is NC(=O)Nc1sc(-c2cc(F)c(F)c(F)c2)cc1C(=O)N[C@H]1CCCNC1. The van der Waals surface area contributed by atoms with Crippen LogP contribution in [0.3, 0.4) is 0 Å². The van der Waals surface area contributed by atoms with Crippen LogP contribution in [0.4, 0.5) is 23.0 Å². The molecule has 144 valence electrons. The maximum absolute atomic E-state index is 13.5. The number of carbonyl (C=O) groups excluding carboxylic acids is 2. The molecule has 3 amide bonds. The minimum atomic E-state index is -1.58. The fraction of sp³-hybridized carbons (Fsp3) is 0.294. The molecule has 1 aliphatic rings. The highest BCUT2D eigenvalue weighted by Crippen LogP contribution is 2.36. The quantitative estimate of drug-likeness (QED) is 0.597. The Morgan fingerprint density at radius 3 is 2.48 bits per heavy atom. The van der Waals surface area contributed by atoms with Crippen LogP contribution in [0.15, 0.2) is 18.2 Å². The molecule has 0 saturated carbocycles. The summed E-state index contributed by atoms with van der Waals surface area (Å²) in [6, 6.07) is 2.08. The third-order valence-electron chi connectivity index (χ3n) is 4.11. The van der Waals surface area contributed by atoms with Gasteiger partial charge >= 0.3 is 6.03 Å². The van der Waals surface area contributed by atoms with Crippen LogP contribution in [0, 0.1) is 17.5 Å². The molecular weight excluding hydrogens is 381 g/mol. The van der Waals surface area contributed by atoms with Crippen LogP contribution in [-0.2, 0) is 0 Å². The van der Waals surface area contributed by atoms with E-state index >= 15 is 0 Å². The van der Waals surface area contributed by atoms with E-state index in [1.54, 1.807) is 0 Å². The number of carbonyl (C=O) groups is 2. The summed E-state index contributed by atoms with van der Waals surface area (Å²) in [5, 5.41) is 8.50. The van der Waals surface area contributed by atoms with Crippen LogP contribution < -0.4 is 21.7 Å². The van der Waals surface area contributed by atoms with Gasteiger partial charge in [-0.1, -0.05) is 0 Å². The van der Waals surface area contributed by atoms with Gasteiger partial charge in [-0.3, -0.25) is 10.1 Å². The summed E-state index contributed by atoms with van der Waals surface area (Å²) in [7, 11) is 0. The number of urea groups is 1. The summed E-state index contributed by atoms with van der Waals surface area (Å²) in [5.74, 6) is -4.71. The number of thiophene rings is 1. The third kappa shape index (κ3) is 4.40. The lowest BCUT2D eigenvalue weighted by molar-refractivity contribution is 0.0932. The van der Waals surface area contributed by atoms with Gasteiger partial charge in [-0.2, -0.15) is 0 Å². The van der Waals surface area contributed by atoms with Crippen LogP contribution in [0.2, 0.25) is 0 Å². The first kappa shape index (κ1) is 19.2. The molecule has 2 aromatic rings. The van der Waals surface area contributed by atoms with Crippen molar-refractivity contribution in [3.63, 3.8) is 0 Å². The molecule has 1 atom stereocenters. The first-order valence-corrected chi connectivity index (χ1v) is 9.03. The Morgan fingerprint density at radius 1 is 1.19 bits per heavy atom. The van der Waals surface area contributed by atoms with E-state index < -0.39 is 29.4 Å². The number of hydrogen-bond acceptors (Lipinski definition) is 4. The van der Waals surface area contributed by atoms with Crippen LogP contribution in [-0.4, -0.2) is 31.1 Å². The number of nitrogens with two attached hydrogens (primary N) is 1. The molecule has 0 unspecified atom stereocenters. The number of anilines is 1. The zero-order valence-electron chi connectivity index (χ0n) is 14.1. The highest BCUT2D eigenvalue weighted by Gasteiger charge is 2.23. The average molecular weight is 398 g/mol. The number of benzene rings is 1. The van der Waals surface area contributed by atoms with E-state index in [0.29, 0.717) is 6.54 Å². The van der Waals surface area contributed by atoms with Crippen LogP contribution in [0.5, 0.6) is 0 Å². The highest BCUT2D eigenvalue weighted by atomic mass is 32.1. The molecule has 5 N–H and O–H groups in total. The Hall–Kier alpha value is -2.59. The molecule has 27 heavy (non-hydrogen) atoms. The second-order valence-corrected chi connectivity index (χ2v) is 7.17. The number of hydrogen-bond donors (Lipinski definition) is 4. The van der Waals surface area contributed by atoms with E-state index in [1.807, 2.05) is 0 Å². The van der Waals surface area contributed by atoms with Crippen LogP contribution >= 0.6 is 11.3 Å². The number of nitrogens with one attached hydrogen (secondary N) is 3. The van der Waals surface area contributed by atoms with E-state index in [2.05, 4.69) is 16.0 Å². The van der Waals surface area contributed by atoms with Gasteiger partial charge in [-0.05, 0) is 43.1 Å². The predicted molar refractivity (Wildman–Crippen MR) is 96.2 cm³/mol. The lowest BCUT2D eigenvalue weighted by atomic mass is 10.1. The molecule has 1 aliphatic heterocycles. The van der Waals surface area contributed by atoms with Gasteiger partial charge in [-0.15, -0.1) is 11.3 Å². The number of halogens is 3. The van der Waals surface area contributed by atoms with Crippen molar-refractivity contribution in [2.75, 3.05) is 18.4 Å². The van der Waals surface area contributed by atoms with E-state index in [1.165, 1.54) is 6.07 Å². The van der Waals surface area contributed by atoms with Crippen molar-refractivity contribution >= 4 is 28.3 Å². The molecule has 6 nitrogen and oxygen atoms in total. The largest absolute Gasteiger partial charge is 0.351 e. The van der Waals surface area contributed by atoms with Gasteiger partial charge in [-0.25, -0.2) is 18.0 Å². The van der Waals surface area contributed by atoms with Gasteiger partial charge in [0.1, 0.15) is 5.00 Å². The van der Waals surface area contributed by atoms with Crippen molar-refractivity contribution in [1.29, 1.82) is 0 Å². The number of primary amides is 1. The Labute approximate surface area is 156 Å². The molecule has 0 aliphatic carbocycles. The van der Waals surface area contributed by atoms with Crippen molar-refractivity contribution in [2.45, 2.75) is 18.9 Å². The fourth-order valence-electron chi connectivity index (χ4n) is 2.84. The molecular formula is C17H17F3N4O2S. The minimum absolute atomic E-state index is 0.0438. The van der Waals surface area contributed by atoms with E-state index in [0.717, 1.165) is 42.9 Å². The van der Waals surface area contributed by atoms with Crippen molar-refractivity contribution in [1.82, 2.24) is 10.6 Å². The van der Waals surface area contributed by atoms with Crippen molar-refractivity contribution in [2.24, 2.45) is 5.73 Å². The molecule has 0 radical (unpaired) electrons. The Kier molecular flexibility index (Phi) is 5.66. The summed E-state index contributed by atoms with van der Waals surface area (Å²) >= 11 is 0.910. The van der Waals surface area contributed by atoms with Crippen molar-refractivity contribution < 1.29 is 22.8 Å². The summed E-state index contributed by atoms with van der Waals surface area (Å²) in [6.07, 6.45) is 1.73. The second kappa shape index (κ2) is 7.97. The summed E-state index contributed by atoms with van der Waals surface area (Å²) in [6.45, 7) is 1.50. The van der Waals surface area contributed by atoms with Crippen molar-refractivity contribution in [3.05, 3.63) is 41.2 Å². The standard InChI is InChI=1S/C17H17F3N4O2S/c18-11-4-8(5-12(19)14(11)20)13-6-10(16(27-13)24-17(21)26)15(25)23-9-2-1-3-22-7-9/h4-6,9,22H,1-3,7H2,(H,23,25)(H3,21,24,26)/t9-/m0/s1. The fourth-order valence-corrected chi connectivity index (χ4v) is 3.89. The second-order valence-electron chi connectivity index (χ2n) is 6.11. The number of rotatable bonds is 4. The summed E-state index contributed by atoms with van der Waals surface area (Å²) in [4.78, 5) is 24.1. The molecule has 1 aromatic carbocycles. The lowest BCUT2D eigenvalue weighted by Crippen LogP contribution is -2.45. The molecule has 0 spiro atoms. The zero-order chi connectivity index (χ0) is 19.6. The first-order chi connectivity index (χ1) is 12.8. The smallest absolute Gasteiger partial charge is 0.317 e. The lowest BCUT2D eigenvalue weighted by Gasteiger charge is -2.23. The van der Waals surface area contributed by atoms with E-state index in [9.17, 15) is 22.8 Å².